The zero-order valence-electron chi connectivity index (χ0n) is 12.7. The van der Waals surface area contributed by atoms with Crippen molar-refractivity contribution in [2.24, 2.45) is 0 Å². The molecule has 0 radical (unpaired) electrons. The molecule has 2 aromatic carbocycles. The quantitative estimate of drug-likeness (QED) is 0.744. The molecule has 4 heteroatoms. The number of hydrogen-bond acceptors (Lipinski definition) is 3. The van der Waals surface area contributed by atoms with E-state index in [0.717, 1.165) is 27.8 Å². The number of ether oxygens (including phenoxy) is 1. The zero-order chi connectivity index (χ0) is 16.1. The summed E-state index contributed by atoms with van der Waals surface area (Å²) in [5.41, 5.74) is 1.69. The van der Waals surface area contributed by atoms with Gasteiger partial charge >= 0.3 is 0 Å². The number of carbonyl (C=O) groups excluding carboxylic acids is 1. The number of pyridine rings is 1. The molecule has 0 unspecified atom stereocenters. The molecule has 1 N–H and O–H groups in total. The van der Waals surface area contributed by atoms with Gasteiger partial charge in [0.15, 0.2) is 0 Å². The minimum absolute atomic E-state index is 0.175. The van der Waals surface area contributed by atoms with E-state index in [1.165, 1.54) is 6.08 Å². The maximum atomic E-state index is 11.9. The van der Waals surface area contributed by atoms with Crippen molar-refractivity contribution in [3.05, 3.63) is 72.6 Å². The summed E-state index contributed by atoms with van der Waals surface area (Å²) in [4.78, 5) is 15.8. The molecule has 0 spiro atoms. The molecule has 0 atom stereocenters. The van der Waals surface area contributed by atoms with Gasteiger partial charge in [-0.25, -0.2) is 0 Å². The third-order valence-electron chi connectivity index (χ3n) is 3.45. The van der Waals surface area contributed by atoms with E-state index in [-0.39, 0.29) is 5.91 Å². The molecule has 1 aromatic heterocycles. The van der Waals surface area contributed by atoms with Crippen LogP contribution < -0.4 is 10.1 Å². The number of fused-ring (bicyclic) bond motifs is 1. The molecule has 1 amide bonds. The van der Waals surface area contributed by atoms with Gasteiger partial charge in [0.2, 0.25) is 5.91 Å². The van der Waals surface area contributed by atoms with E-state index < -0.39 is 0 Å². The van der Waals surface area contributed by atoms with Crippen molar-refractivity contribution < 1.29 is 9.53 Å². The largest absolute Gasteiger partial charge is 0.497 e. The molecule has 0 aliphatic carbocycles. The Kier molecular flexibility index (Phi) is 4.34. The van der Waals surface area contributed by atoms with E-state index >= 15 is 0 Å². The number of rotatable bonds is 4. The minimum Gasteiger partial charge on any atom is -0.497 e. The van der Waals surface area contributed by atoms with Crippen molar-refractivity contribution in [2.75, 3.05) is 12.4 Å². The van der Waals surface area contributed by atoms with E-state index in [0.29, 0.717) is 0 Å². The molecule has 3 aromatic rings. The molecule has 0 bridgehead atoms. The number of nitrogens with zero attached hydrogens (tertiary/aromatic N) is 1. The smallest absolute Gasteiger partial charge is 0.248 e. The second kappa shape index (κ2) is 6.75. The summed E-state index contributed by atoms with van der Waals surface area (Å²) < 4.78 is 5.22. The Morgan fingerprint density at radius 1 is 1.04 bits per heavy atom. The van der Waals surface area contributed by atoms with E-state index in [4.69, 9.17) is 4.74 Å². The number of benzene rings is 2. The van der Waals surface area contributed by atoms with Crippen molar-refractivity contribution in [1.82, 2.24) is 4.98 Å². The standard InChI is InChI=1S/C19H16N2O2/c1-23-18-6-5-15-12-14(2-4-16(15)13-18)3-7-19(22)21-17-8-10-20-11-9-17/h2-13H,1H3,(H,20,21,22)/b7-3+. The SMILES string of the molecule is COc1ccc2cc(/C=C/C(=O)Nc3ccncc3)ccc2c1. The summed E-state index contributed by atoms with van der Waals surface area (Å²) in [6.45, 7) is 0. The van der Waals surface area contributed by atoms with Crippen LogP contribution in [0, 0.1) is 0 Å². The van der Waals surface area contributed by atoms with Crippen molar-refractivity contribution in [3.8, 4) is 5.75 Å². The molecule has 3 rings (SSSR count). The number of carbonyl (C=O) groups is 1. The monoisotopic (exact) mass is 304 g/mol. The first kappa shape index (κ1) is 14.8. The maximum Gasteiger partial charge on any atom is 0.248 e. The van der Waals surface area contributed by atoms with Gasteiger partial charge < -0.3 is 10.1 Å². The maximum absolute atomic E-state index is 11.9. The second-order valence-corrected chi connectivity index (χ2v) is 5.03. The first-order chi connectivity index (χ1) is 11.2. The topological polar surface area (TPSA) is 51.2 Å². The van der Waals surface area contributed by atoms with E-state index in [1.807, 2.05) is 36.4 Å². The normalized spacial score (nSPS) is 10.8. The Balaban J connectivity index is 1.74. The molecule has 23 heavy (non-hydrogen) atoms. The van der Waals surface area contributed by atoms with Crippen LogP contribution in [0.2, 0.25) is 0 Å². The van der Waals surface area contributed by atoms with Gasteiger partial charge in [0, 0.05) is 24.2 Å². The van der Waals surface area contributed by atoms with Crippen molar-refractivity contribution in [1.29, 1.82) is 0 Å². The van der Waals surface area contributed by atoms with Gasteiger partial charge in [-0.15, -0.1) is 0 Å². The van der Waals surface area contributed by atoms with Crippen LogP contribution in [-0.2, 0) is 4.79 Å². The predicted octanol–water partition coefficient (Wildman–Crippen LogP) is 3.90. The number of aromatic nitrogens is 1. The number of anilines is 1. The second-order valence-electron chi connectivity index (χ2n) is 5.03. The van der Waals surface area contributed by atoms with Gasteiger partial charge in [-0.1, -0.05) is 18.2 Å². The Hall–Kier alpha value is -3.14. The van der Waals surface area contributed by atoms with Gasteiger partial charge in [0.25, 0.3) is 0 Å². The highest BCUT2D eigenvalue weighted by Crippen LogP contribution is 2.22. The van der Waals surface area contributed by atoms with Crippen molar-refractivity contribution in [3.63, 3.8) is 0 Å². The molecule has 0 saturated carbocycles. The van der Waals surface area contributed by atoms with Crippen LogP contribution >= 0.6 is 0 Å². The fraction of sp³-hybridized carbons (Fsp3) is 0.0526. The first-order valence-electron chi connectivity index (χ1n) is 7.21. The van der Waals surface area contributed by atoms with E-state index in [1.54, 1.807) is 37.7 Å². The highest BCUT2D eigenvalue weighted by Gasteiger charge is 1.99. The lowest BCUT2D eigenvalue weighted by atomic mass is 10.1. The predicted molar refractivity (Wildman–Crippen MR) is 92.4 cm³/mol. The summed E-state index contributed by atoms with van der Waals surface area (Å²) in [5.74, 6) is 0.656. The molecule has 0 aliphatic rings. The minimum atomic E-state index is -0.175. The molecule has 0 saturated heterocycles. The lowest BCUT2D eigenvalue weighted by molar-refractivity contribution is -0.111. The molecule has 4 nitrogen and oxygen atoms in total. The zero-order valence-corrected chi connectivity index (χ0v) is 12.7. The van der Waals surface area contributed by atoms with Crippen molar-refractivity contribution >= 4 is 28.4 Å². The average Bonchev–Trinajstić information content (AvgIpc) is 2.60. The average molecular weight is 304 g/mol. The summed E-state index contributed by atoms with van der Waals surface area (Å²) in [7, 11) is 1.65. The number of amides is 1. The van der Waals surface area contributed by atoms with Crippen LogP contribution in [0.1, 0.15) is 5.56 Å². The van der Waals surface area contributed by atoms with Gasteiger partial charge in [-0.05, 0) is 52.7 Å². The highest BCUT2D eigenvalue weighted by atomic mass is 16.5. The molecular weight excluding hydrogens is 288 g/mol. The number of nitrogens with one attached hydrogen (secondary N) is 1. The third-order valence-corrected chi connectivity index (χ3v) is 3.45. The van der Waals surface area contributed by atoms with E-state index in [2.05, 4.69) is 10.3 Å². The first-order valence-corrected chi connectivity index (χ1v) is 7.21. The fourth-order valence-electron chi connectivity index (χ4n) is 2.26. The molecular formula is C19H16N2O2. The van der Waals surface area contributed by atoms with Gasteiger partial charge in [-0.3, -0.25) is 9.78 Å². The summed E-state index contributed by atoms with van der Waals surface area (Å²) in [6, 6.07) is 15.4. The summed E-state index contributed by atoms with van der Waals surface area (Å²) in [6.07, 6.45) is 6.58. The number of hydrogen-bond donors (Lipinski definition) is 1. The highest BCUT2D eigenvalue weighted by molar-refractivity contribution is 6.02. The van der Waals surface area contributed by atoms with Crippen LogP contribution in [0.15, 0.2) is 67.0 Å². The molecule has 114 valence electrons. The number of methoxy groups -OCH3 is 1. The Morgan fingerprint density at radius 2 is 1.78 bits per heavy atom. The van der Waals surface area contributed by atoms with Gasteiger partial charge in [0.1, 0.15) is 5.75 Å². The van der Waals surface area contributed by atoms with Crippen molar-refractivity contribution in [2.45, 2.75) is 0 Å². The molecule has 1 heterocycles. The van der Waals surface area contributed by atoms with Crippen LogP contribution in [-0.4, -0.2) is 18.0 Å². The van der Waals surface area contributed by atoms with Gasteiger partial charge in [-0.2, -0.15) is 0 Å². The lowest BCUT2D eigenvalue weighted by Crippen LogP contribution is -2.07. The van der Waals surface area contributed by atoms with Crippen LogP contribution in [0.3, 0.4) is 0 Å². The lowest BCUT2D eigenvalue weighted by Gasteiger charge is -2.04. The summed E-state index contributed by atoms with van der Waals surface area (Å²) >= 11 is 0. The van der Waals surface area contributed by atoms with Crippen LogP contribution in [0.25, 0.3) is 16.8 Å². The third kappa shape index (κ3) is 3.74. The fourth-order valence-corrected chi connectivity index (χ4v) is 2.26. The molecule has 0 fully saturated rings. The Bertz CT molecular complexity index is 858. The van der Waals surface area contributed by atoms with Crippen LogP contribution in [0.5, 0.6) is 5.75 Å². The van der Waals surface area contributed by atoms with E-state index in [9.17, 15) is 4.79 Å². The Morgan fingerprint density at radius 3 is 2.57 bits per heavy atom. The van der Waals surface area contributed by atoms with Gasteiger partial charge in [0.05, 0.1) is 7.11 Å². The summed E-state index contributed by atoms with van der Waals surface area (Å²) in [5, 5.41) is 4.98. The van der Waals surface area contributed by atoms with Crippen LogP contribution in [0.4, 0.5) is 5.69 Å². The Labute approximate surface area is 134 Å². The molecule has 0 aliphatic heterocycles.